The van der Waals surface area contributed by atoms with Gasteiger partial charge in [-0.25, -0.2) is 8.78 Å². The molecule has 0 bridgehead atoms. The highest BCUT2D eigenvalue weighted by atomic mass is 35.5. The zero-order chi connectivity index (χ0) is 29.4. The number of anilines is 3. The van der Waals surface area contributed by atoms with E-state index in [1.165, 1.54) is 36.5 Å². The predicted octanol–water partition coefficient (Wildman–Crippen LogP) is 7.26. The van der Waals surface area contributed by atoms with Gasteiger partial charge < -0.3 is 15.4 Å². The van der Waals surface area contributed by atoms with Crippen molar-refractivity contribution in [3.05, 3.63) is 105 Å². The Labute approximate surface area is 249 Å². The lowest BCUT2D eigenvalue weighted by atomic mass is 9.89. The van der Waals surface area contributed by atoms with Crippen LogP contribution in [0.1, 0.15) is 29.8 Å². The zero-order valence-corrected chi connectivity index (χ0v) is 23.7. The number of nitrogens with zero attached hydrogens (tertiary/aromatic N) is 5. The number of benzene rings is 3. The largest absolute Gasteiger partial charge is 0.380 e. The predicted molar refractivity (Wildman–Crippen MR) is 157 cm³/mol. The fourth-order valence-corrected chi connectivity index (χ4v) is 5.34. The summed E-state index contributed by atoms with van der Waals surface area (Å²) in [5.41, 5.74) is 3.56. The first-order valence-corrected chi connectivity index (χ1v) is 13.7. The van der Waals surface area contributed by atoms with Gasteiger partial charge in [0.05, 0.1) is 58.8 Å². The van der Waals surface area contributed by atoms with E-state index in [1.807, 2.05) is 6.20 Å². The number of aromatic nitrogens is 4. The minimum absolute atomic E-state index is 0.0146. The van der Waals surface area contributed by atoms with Crippen LogP contribution in [0.4, 0.5) is 25.8 Å². The lowest BCUT2D eigenvalue weighted by Gasteiger charge is -2.37. The summed E-state index contributed by atoms with van der Waals surface area (Å²) in [6, 6.07) is 15.4. The Morgan fingerprint density at radius 3 is 2.52 bits per heavy atom. The second kappa shape index (κ2) is 11.2. The van der Waals surface area contributed by atoms with E-state index in [2.05, 4.69) is 38.9 Å². The quantitative estimate of drug-likeness (QED) is 0.192. The molecule has 2 aromatic heterocycles. The molecule has 1 aliphatic rings. The minimum atomic E-state index is -0.560. The molecule has 2 N–H and O–H groups in total. The van der Waals surface area contributed by atoms with Crippen molar-refractivity contribution in [2.45, 2.75) is 19.5 Å². The molecule has 6 rings (SSSR count). The van der Waals surface area contributed by atoms with E-state index >= 15 is 0 Å². The van der Waals surface area contributed by atoms with E-state index in [9.17, 15) is 14.0 Å². The van der Waals surface area contributed by atoms with Gasteiger partial charge in [0.25, 0.3) is 0 Å². The molecule has 1 unspecified atom stereocenters. The number of rotatable bonds is 8. The molecule has 1 aliphatic heterocycles. The van der Waals surface area contributed by atoms with Crippen LogP contribution in [-0.4, -0.2) is 33.2 Å². The third-order valence-corrected chi connectivity index (χ3v) is 7.62. The zero-order valence-electron chi connectivity index (χ0n) is 22.2. The summed E-state index contributed by atoms with van der Waals surface area (Å²) in [4.78, 5) is 4.40. The van der Waals surface area contributed by atoms with Crippen LogP contribution in [0.15, 0.2) is 67.0 Å². The summed E-state index contributed by atoms with van der Waals surface area (Å²) < 4.78 is 34.8. The summed E-state index contributed by atoms with van der Waals surface area (Å²) in [5.74, 6) is -0.921. The van der Waals surface area contributed by atoms with Crippen LogP contribution in [0.2, 0.25) is 10.0 Å². The molecule has 0 spiro atoms. The van der Waals surface area contributed by atoms with Gasteiger partial charge in [-0.15, -0.1) is 5.10 Å². The van der Waals surface area contributed by atoms with Gasteiger partial charge in [0, 0.05) is 28.4 Å². The van der Waals surface area contributed by atoms with Crippen LogP contribution >= 0.6 is 23.2 Å². The number of fused-ring (bicyclic) bond motifs is 1. The maximum absolute atomic E-state index is 13.8. The third kappa shape index (κ3) is 5.59. The average molecular weight is 606 g/mol. The van der Waals surface area contributed by atoms with E-state index < -0.39 is 11.9 Å². The van der Waals surface area contributed by atoms with Gasteiger partial charge in [0.1, 0.15) is 23.4 Å². The van der Waals surface area contributed by atoms with Crippen molar-refractivity contribution in [3.8, 4) is 6.07 Å². The highest BCUT2D eigenvalue weighted by Gasteiger charge is 2.34. The van der Waals surface area contributed by atoms with Crippen molar-refractivity contribution < 1.29 is 13.5 Å². The molecule has 0 saturated carbocycles. The van der Waals surface area contributed by atoms with Gasteiger partial charge in [0.15, 0.2) is 0 Å². The first-order valence-electron chi connectivity index (χ1n) is 13.0. The van der Waals surface area contributed by atoms with Crippen molar-refractivity contribution in [3.63, 3.8) is 0 Å². The van der Waals surface area contributed by atoms with Crippen molar-refractivity contribution in [2.24, 2.45) is 5.41 Å². The third-order valence-electron chi connectivity index (χ3n) is 7.05. The molecule has 3 aromatic carbocycles. The highest BCUT2D eigenvalue weighted by molar-refractivity contribution is 6.36. The fourth-order valence-electron chi connectivity index (χ4n) is 4.89. The standard InChI is InChI=1S/C30H23Cl2F2N7O/c1-30(15-42-16-30)14-41-13-26(39-40-41)28(17-2-4-19(33)5-3-17)38-21-8-22-27(37-20-6-7-25(34)23(31)9-20)18(11-35)12-36-29(22)24(32)10-21/h2-10,12-13,28,38H,14-16H2,1H3,(H,36,37). The molecule has 1 atom stereocenters. The Balaban J connectivity index is 1.40. The van der Waals surface area contributed by atoms with Crippen molar-refractivity contribution >= 4 is 51.2 Å². The second-order valence-electron chi connectivity index (χ2n) is 10.5. The first-order chi connectivity index (χ1) is 20.2. The van der Waals surface area contributed by atoms with Crippen molar-refractivity contribution in [2.75, 3.05) is 23.8 Å². The normalized spacial score (nSPS) is 14.7. The van der Waals surface area contributed by atoms with Crippen LogP contribution in [0.5, 0.6) is 0 Å². The molecule has 3 heterocycles. The molecule has 12 heteroatoms. The van der Waals surface area contributed by atoms with E-state index in [-0.39, 0.29) is 21.8 Å². The number of ether oxygens (including phenoxy) is 1. The number of halogens is 4. The van der Waals surface area contributed by atoms with Crippen LogP contribution in [0.3, 0.4) is 0 Å². The average Bonchev–Trinajstić information content (AvgIpc) is 3.41. The molecular weight excluding hydrogens is 583 g/mol. The lowest BCUT2D eigenvalue weighted by Crippen LogP contribution is -2.43. The molecule has 8 nitrogen and oxygen atoms in total. The van der Waals surface area contributed by atoms with Crippen molar-refractivity contribution in [1.82, 2.24) is 20.0 Å². The number of hydrogen-bond donors (Lipinski definition) is 2. The molecule has 0 aliphatic carbocycles. The second-order valence-corrected chi connectivity index (χ2v) is 11.4. The van der Waals surface area contributed by atoms with E-state index in [4.69, 9.17) is 27.9 Å². The molecule has 0 radical (unpaired) electrons. The lowest BCUT2D eigenvalue weighted by molar-refractivity contribution is -0.111. The molecule has 1 saturated heterocycles. The smallest absolute Gasteiger partial charge is 0.141 e. The monoisotopic (exact) mass is 605 g/mol. The maximum atomic E-state index is 13.8. The van der Waals surface area contributed by atoms with Gasteiger partial charge in [-0.05, 0) is 48.0 Å². The highest BCUT2D eigenvalue weighted by Crippen LogP contribution is 2.37. The number of hydrogen-bond acceptors (Lipinski definition) is 7. The van der Waals surface area contributed by atoms with E-state index in [0.717, 1.165) is 5.56 Å². The van der Waals surface area contributed by atoms with Gasteiger partial charge in [-0.3, -0.25) is 9.67 Å². The Hall–Kier alpha value is -4.30. The SMILES string of the molecule is CC1(Cn2cc(C(Nc3cc(Cl)c4ncc(C#N)c(Nc5ccc(F)c(Cl)c5)c4c3)c3ccc(F)cc3)nn2)COC1. The summed E-state index contributed by atoms with van der Waals surface area (Å²) in [6.45, 7) is 4.07. The minimum Gasteiger partial charge on any atom is -0.380 e. The summed E-state index contributed by atoms with van der Waals surface area (Å²) in [7, 11) is 0. The molecule has 1 fully saturated rings. The summed E-state index contributed by atoms with van der Waals surface area (Å²) >= 11 is 12.7. The van der Waals surface area contributed by atoms with Crippen LogP contribution < -0.4 is 10.6 Å². The van der Waals surface area contributed by atoms with Crippen LogP contribution in [-0.2, 0) is 11.3 Å². The molecular formula is C30H23Cl2F2N7O. The van der Waals surface area contributed by atoms with E-state index in [1.54, 1.807) is 28.9 Å². The fraction of sp³-hybridized carbons (Fsp3) is 0.200. The first kappa shape index (κ1) is 27.8. The van der Waals surface area contributed by atoms with Crippen LogP contribution in [0.25, 0.3) is 10.9 Å². The number of pyridine rings is 1. The summed E-state index contributed by atoms with van der Waals surface area (Å²) in [6.07, 6.45) is 3.27. The van der Waals surface area contributed by atoms with Crippen LogP contribution in [0, 0.1) is 28.4 Å². The Morgan fingerprint density at radius 2 is 1.83 bits per heavy atom. The Bertz CT molecular complexity index is 1830. The molecule has 212 valence electrons. The molecule has 42 heavy (non-hydrogen) atoms. The molecule has 0 amide bonds. The topological polar surface area (TPSA) is 101 Å². The Kier molecular flexibility index (Phi) is 7.41. The van der Waals surface area contributed by atoms with Crippen molar-refractivity contribution in [1.29, 1.82) is 5.26 Å². The van der Waals surface area contributed by atoms with Gasteiger partial charge >= 0.3 is 0 Å². The molecule has 5 aromatic rings. The number of nitriles is 1. The van der Waals surface area contributed by atoms with Gasteiger partial charge in [0.2, 0.25) is 0 Å². The van der Waals surface area contributed by atoms with Gasteiger partial charge in [-0.2, -0.15) is 5.26 Å². The Morgan fingerprint density at radius 1 is 1.07 bits per heavy atom. The summed E-state index contributed by atoms with van der Waals surface area (Å²) in [5, 5.41) is 26.0. The van der Waals surface area contributed by atoms with E-state index in [0.29, 0.717) is 58.4 Å². The maximum Gasteiger partial charge on any atom is 0.141 e. The van der Waals surface area contributed by atoms with Gasteiger partial charge in [-0.1, -0.05) is 47.5 Å². The number of nitrogens with one attached hydrogen (secondary N) is 2.